The molecule has 2 bridgehead atoms. The van der Waals surface area contributed by atoms with Crippen molar-refractivity contribution in [3.8, 4) is 17.0 Å². The summed E-state index contributed by atoms with van der Waals surface area (Å²) in [6, 6.07) is 5.57. The maximum absolute atomic E-state index is 15.0. The number of halogens is 6. The standard InChI is InChI=1S/C24H18ClF5N4O2/c25-17-9-19(18(26)8-15(17)12-1-4-21(32-10-12)36-11-24(28,29)30)33-23(35)34-13-2-3-20(34)14-5-6-31-22(27)16(14)7-13/h1,4-6,8-10,13,20H,2-3,7,11H2,(H,33,35)/t13?,20-/m1/s1. The van der Waals surface area contributed by atoms with Crippen molar-refractivity contribution in [3.63, 3.8) is 0 Å². The van der Waals surface area contributed by atoms with Crippen LogP contribution < -0.4 is 10.1 Å². The molecule has 2 amide bonds. The number of nitrogens with zero attached hydrogens (tertiary/aromatic N) is 3. The van der Waals surface area contributed by atoms with Gasteiger partial charge in [0.2, 0.25) is 11.8 Å². The summed E-state index contributed by atoms with van der Waals surface area (Å²) in [5, 5.41) is 2.66. The second-order valence-corrected chi connectivity index (χ2v) is 8.97. The predicted octanol–water partition coefficient (Wildman–Crippen LogP) is 6.31. The first-order chi connectivity index (χ1) is 17.1. The van der Waals surface area contributed by atoms with Gasteiger partial charge in [-0.3, -0.25) is 0 Å². The first-order valence-corrected chi connectivity index (χ1v) is 11.4. The summed E-state index contributed by atoms with van der Waals surface area (Å²) in [5.74, 6) is -1.54. The Morgan fingerprint density at radius 3 is 2.69 bits per heavy atom. The van der Waals surface area contributed by atoms with Gasteiger partial charge in [0.1, 0.15) is 5.82 Å². The van der Waals surface area contributed by atoms with Crippen LogP contribution in [-0.2, 0) is 6.42 Å². The molecule has 36 heavy (non-hydrogen) atoms. The van der Waals surface area contributed by atoms with Crippen molar-refractivity contribution in [2.75, 3.05) is 11.9 Å². The van der Waals surface area contributed by atoms with Crippen molar-refractivity contribution in [2.24, 2.45) is 0 Å². The van der Waals surface area contributed by atoms with E-state index in [-0.39, 0.29) is 34.2 Å². The molecule has 4 heterocycles. The van der Waals surface area contributed by atoms with Crippen LogP contribution in [0.5, 0.6) is 5.88 Å². The summed E-state index contributed by atoms with van der Waals surface area (Å²) in [6.07, 6.45) is -0.253. The number of amides is 2. The van der Waals surface area contributed by atoms with Crippen molar-refractivity contribution >= 4 is 23.3 Å². The van der Waals surface area contributed by atoms with Gasteiger partial charge < -0.3 is 15.0 Å². The monoisotopic (exact) mass is 524 g/mol. The van der Waals surface area contributed by atoms with E-state index in [4.69, 9.17) is 11.6 Å². The number of pyridine rings is 2. The van der Waals surface area contributed by atoms with Gasteiger partial charge >= 0.3 is 12.2 Å². The van der Waals surface area contributed by atoms with Crippen LogP contribution in [0.15, 0.2) is 42.7 Å². The van der Waals surface area contributed by atoms with Gasteiger partial charge in [0, 0.05) is 41.2 Å². The highest BCUT2D eigenvalue weighted by molar-refractivity contribution is 6.33. The molecular formula is C24H18ClF5N4O2. The van der Waals surface area contributed by atoms with Crippen molar-refractivity contribution in [1.29, 1.82) is 0 Å². The lowest BCUT2D eigenvalue weighted by Gasteiger charge is -2.36. The number of hydrogen-bond acceptors (Lipinski definition) is 4. The van der Waals surface area contributed by atoms with Crippen LogP contribution in [0.2, 0.25) is 5.02 Å². The van der Waals surface area contributed by atoms with Crippen LogP contribution in [0.1, 0.15) is 30.0 Å². The Hall–Kier alpha value is -3.47. The van der Waals surface area contributed by atoms with Gasteiger partial charge in [-0.2, -0.15) is 17.6 Å². The second kappa shape index (κ2) is 9.20. The van der Waals surface area contributed by atoms with Crippen LogP contribution in [-0.4, -0.2) is 39.7 Å². The Morgan fingerprint density at radius 1 is 1.17 bits per heavy atom. The SMILES string of the molecule is O=C(Nc1cc(Cl)c(-c2ccc(OCC(F)(F)F)nc2)cc1F)N1C2CC[C@@H]1c1ccnc(F)c1C2. The van der Waals surface area contributed by atoms with Gasteiger partial charge in [-0.25, -0.2) is 19.2 Å². The number of fused-ring (bicyclic) bond motifs is 4. The third-order valence-electron chi connectivity index (χ3n) is 6.30. The molecule has 0 saturated carbocycles. The van der Waals surface area contributed by atoms with E-state index in [2.05, 4.69) is 20.0 Å². The normalized spacial score (nSPS) is 18.7. The zero-order valence-electron chi connectivity index (χ0n) is 18.5. The maximum Gasteiger partial charge on any atom is 0.422 e. The summed E-state index contributed by atoms with van der Waals surface area (Å²) in [7, 11) is 0. The summed E-state index contributed by atoms with van der Waals surface area (Å²) >= 11 is 6.33. The lowest BCUT2D eigenvalue weighted by Crippen LogP contribution is -2.44. The number of benzene rings is 1. The topological polar surface area (TPSA) is 67.3 Å². The number of alkyl halides is 3. The molecule has 3 aromatic rings. The summed E-state index contributed by atoms with van der Waals surface area (Å²) < 4.78 is 70.6. The maximum atomic E-state index is 15.0. The lowest BCUT2D eigenvalue weighted by molar-refractivity contribution is -0.154. The van der Waals surface area contributed by atoms with Gasteiger partial charge in [-0.05, 0) is 49.1 Å². The number of nitrogens with one attached hydrogen (secondary N) is 1. The van der Waals surface area contributed by atoms with Crippen LogP contribution >= 0.6 is 11.6 Å². The van der Waals surface area contributed by atoms with Crippen LogP contribution in [0.4, 0.5) is 32.4 Å². The molecule has 0 radical (unpaired) electrons. The fraction of sp³-hybridized carbons (Fsp3) is 0.292. The molecule has 0 aliphatic carbocycles. The van der Waals surface area contributed by atoms with E-state index in [1.807, 2.05) is 0 Å². The Labute approximate surface area is 207 Å². The lowest BCUT2D eigenvalue weighted by atomic mass is 9.95. The van der Waals surface area contributed by atoms with Crippen molar-refractivity contribution in [2.45, 2.75) is 37.5 Å². The average Bonchev–Trinajstić information content (AvgIpc) is 3.15. The third kappa shape index (κ3) is 4.67. The highest BCUT2D eigenvalue weighted by Crippen LogP contribution is 2.44. The van der Waals surface area contributed by atoms with Crippen LogP contribution in [0, 0.1) is 11.8 Å². The molecule has 2 aliphatic rings. The molecule has 188 valence electrons. The fourth-order valence-corrected chi connectivity index (χ4v) is 5.02. The van der Waals surface area contributed by atoms with E-state index in [0.29, 0.717) is 36.0 Å². The number of rotatable bonds is 4. The third-order valence-corrected chi connectivity index (χ3v) is 6.62. The number of hydrogen-bond donors (Lipinski definition) is 1. The minimum absolute atomic E-state index is 0.0950. The molecule has 1 fully saturated rings. The smallest absolute Gasteiger partial charge is 0.422 e. The molecule has 1 aromatic carbocycles. The Bertz CT molecular complexity index is 1320. The minimum atomic E-state index is -4.50. The van der Waals surface area contributed by atoms with Gasteiger partial charge in [0.25, 0.3) is 0 Å². The zero-order chi connectivity index (χ0) is 25.6. The molecule has 0 spiro atoms. The molecular weight excluding hydrogens is 507 g/mol. The van der Waals surface area contributed by atoms with E-state index in [1.54, 1.807) is 11.0 Å². The quantitative estimate of drug-likeness (QED) is 0.321. The second-order valence-electron chi connectivity index (χ2n) is 8.56. The fourth-order valence-electron chi connectivity index (χ4n) is 4.75. The highest BCUT2D eigenvalue weighted by atomic mass is 35.5. The van der Waals surface area contributed by atoms with Gasteiger partial charge in [0.05, 0.1) is 16.8 Å². The number of carbonyl (C=O) groups excluding carboxylic acids is 1. The number of anilines is 1. The van der Waals surface area contributed by atoms with Gasteiger partial charge in [-0.15, -0.1) is 0 Å². The number of ether oxygens (including phenoxy) is 1. The Kier molecular flexibility index (Phi) is 6.19. The van der Waals surface area contributed by atoms with E-state index >= 15 is 0 Å². The van der Waals surface area contributed by atoms with E-state index in [1.165, 1.54) is 30.6 Å². The number of aromatic nitrogens is 2. The molecule has 1 unspecified atom stereocenters. The molecule has 1 N–H and O–H groups in total. The minimum Gasteiger partial charge on any atom is -0.468 e. The van der Waals surface area contributed by atoms with Crippen LogP contribution in [0.25, 0.3) is 11.1 Å². The van der Waals surface area contributed by atoms with E-state index < -0.39 is 30.6 Å². The Balaban J connectivity index is 1.33. The molecule has 1 saturated heterocycles. The first-order valence-electron chi connectivity index (χ1n) is 11.0. The van der Waals surface area contributed by atoms with Gasteiger partial charge in [-0.1, -0.05) is 11.6 Å². The van der Waals surface area contributed by atoms with Crippen LogP contribution in [0.3, 0.4) is 0 Å². The number of carbonyl (C=O) groups is 1. The predicted molar refractivity (Wildman–Crippen MR) is 121 cm³/mol. The number of urea groups is 1. The van der Waals surface area contributed by atoms with Crippen molar-refractivity contribution in [1.82, 2.24) is 14.9 Å². The highest BCUT2D eigenvalue weighted by Gasteiger charge is 2.43. The summed E-state index contributed by atoms with van der Waals surface area (Å²) in [5.41, 5.74) is 1.65. The zero-order valence-corrected chi connectivity index (χ0v) is 19.2. The largest absolute Gasteiger partial charge is 0.468 e. The molecule has 2 aliphatic heterocycles. The van der Waals surface area contributed by atoms with Gasteiger partial charge in [0.15, 0.2) is 6.61 Å². The summed E-state index contributed by atoms with van der Waals surface area (Å²) in [4.78, 5) is 22.2. The first kappa shape index (κ1) is 24.2. The Morgan fingerprint density at radius 2 is 1.97 bits per heavy atom. The van der Waals surface area contributed by atoms with E-state index in [9.17, 15) is 26.7 Å². The van der Waals surface area contributed by atoms with Crippen molar-refractivity contribution in [3.05, 3.63) is 70.6 Å². The van der Waals surface area contributed by atoms with Crippen molar-refractivity contribution < 1.29 is 31.5 Å². The molecule has 12 heteroatoms. The molecule has 5 rings (SSSR count). The molecule has 2 atom stereocenters. The molecule has 6 nitrogen and oxygen atoms in total. The van der Waals surface area contributed by atoms with E-state index in [0.717, 1.165) is 6.07 Å². The molecule has 2 aromatic heterocycles. The summed E-state index contributed by atoms with van der Waals surface area (Å²) in [6.45, 7) is -1.49. The average molecular weight is 525 g/mol.